The van der Waals surface area contributed by atoms with Crippen molar-refractivity contribution in [2.75, 3.05) is 26.0 Å². The molecule has 3 rings (SSSR count). The topological polar surface area (TPSA) is 18.8 Å². The summed E-state index contributed by atoms with van der Waals surface area (Å²) >= 11 is 0. The zero-order valence-corrected chi connectivity index (χ0v) is 15.0. The molecule has 0 aliphatic carbocycles. The first kappa shape index (κ1) is 16.3. The fourth-order valence-electron chi connectivity index (χ4n) is 3.26. The average molecular weight is 319 g/mol. The predicted octanol–water partition coefficient (Wildman–Crippen LogP) is 4.50. The molecule has 0 spiro atoms. The summed E-state index contributed by atoms with van der Waals surface area (Å²) in [6.07, 6.45) is 2.92. The molecule has 1 aliphatic rings. The number of rotatable bonds is 3. The molecule has 0 aromatic heterocycles. The van der Waals surface area contributed by atoms with Gasteiger partial charge in [-0.3, -0.25) is 4.99 Å². The van der Waals surface area contributed by atoms with E-state index in [1.807, 2.05) is 6.21 Å². The van der Waals surface area contributed by atoms with Crippen molar-refractivity contribution < 1.29 is 0 Å². The van der Waals surface area contributed by atoms with Crippen molar-refractivity contribution in [3.63, 3.8) is 0 Å². The monoisotopic (exact) mass is 319 g/mol. The van der Waals surface area contributed by atoms with E-state index in [4.69, 9.17) is 4.99 Å². The SMILES string of the molecule is CCC=N/C1=C(\N(C)C)c2ccccc2CN(C)c2ccccc21. The van der Waals surface area contributed by atoms with E-state index < -0.39 is 0 Å². The summed E-state index contributed by atoms with van der Waals surface area (Å²) in [5.41, 5.74) is 7.19. The van der Waals surface area contributed by atoms with Crippen molar-refractivity contribution in [1.29, 1.82) is 0 Å². The highest BCUT2D eigenvalue weighted by atomic mass is 15.1. The standard InChI is InChI=1S/C21H25N3/c1-5-14-22-20-18-12-8-9-13-19(18)24(4)15-16-10-6-7-11-17(16)21(20)23(2)3/h6-14H,5,15H2,1-4H3/b21-20-,22-14?. The number of hydrogen-bond acceptors (Lipinski definition) is 3. The van der Waals surface area contributed by atoms with Crippen molar-refractivity contribution in [1.82, 2.24) is 4.90 Å². The second-order valence-electron chi connectivity index (χ2n) is 6.34. The number of nitrogens with zero attached hydrogens (tertiary/aromatic N) is 3. The molecule has 3 heteroatoms. The Morgan fingerprint density at radius 3 is 2.42 bits per heavy atom. The third-order valence-electron chi connectivity index (χ3n) is 4.32. The largest absolute Gasteiger partial charge is 0.375 e. The van der Waals surface area contributed by atoms with Gasteiger partial charge in [0.25, 0.3) is 0 Å². The molecule has 24 heavy (non-hydrogen) atoms. The molecule has 3 nitrogen and oxygen atoms in total. The summed E-state index contributed by atoms with van der Waals surface area (Å²) in [6, 6.07) is 17.2. The zero-order valence-electron chi connectivity index (χ0n) is 15.0. The van der Waals surface area contributed by atoms with Crippen LogP contribution in [0, 0.1) is 0 Å². The summed E-state index contributed by atoms with van der Waals surface area (Å²) in [6.45, 7) is 3.00. The van der Waals surface area contributed by atoms with Gasteiger partial charge in [0.1, 0.15) is 0 Å². The van der Waals surface area contributed by atoms with Crippen LogP contribution in [0.1, 0.15) is 30.0 Å². The fourth-order valence-corrected chi connectivity index (χ4v) is 3.26. The predicted molar refractivity (Wildman–Crippen MR) is 104 cm³/mol. The van der Waals surface area contributed by atoms with Crippen LogP contribution in [0.15, 0.2) is 53.5 Å². The number of benzene rings is 2. The lowest BCUT2D eigenvalue weighted by Gasteiger charge is -2.30. The van der Waals surface area contributed by atoms with E-state index in [2.05, 4.69) is 86.4 Å². The highest BCUT2D eigenvalue weighted by molar-refractivity contribution is 5.96. The number of anilines is 1. The Bertz CT molecular complexity index is 787. The molecule has 0 radical (unpaired) electrons. The first-order valence-corrected chi connectivity index (χ1v) is 8.46. The van der Waals surface area contributed by atoms with Crippen molar-refractivity contribution in [2.45, 2.75) is 19.9 Å². The second-order valence-corrected chi connectivity index (χ2v) is 6.34. The average Bonchev–Trinajstić information content (AvgIpc) is 2.58. The van der Waals surface area contributed by atoms with Crippen LogP contribution in [-0.2, 0) is 6.54 Å². The number of hydrogen-bond donors (Lipinski definition) is 0. The van der Waals surface area contributed by atoms with Gasteiger partial charge in [-0.1, -0.05) is 49.4 Å². The van der Waals surface area contributed by atoms with E-state index in [1.54, 1.807) is 0 Å². The lowest BCUT2D eigenvalue weighted by atomic mass is 9.96. The van der Waals surface area contributed by atoms with Gasteiger partial charge in [-0.05, 0) is 18.1 Å². The zero-order chi connectivity index (χ0) is 17.1. The molecule has 0 saturated carbocycles. The molecule has 2 aromatic carbocycles. The normalized spacial score (nSPS) is 17.2. The van der Waals surface area contributed by atoms with Crippen LogP contribution in [0.2, 0.25) is 0 Å². The van der Waals surface area contributed by atoms with Crippen LogP contribution >= 0.6 is 0 Å². The maximum Gasteiger partial charge on any atom is 0.0958 e. The molecule has 0 atom stereocenters. The van der Waals surface area contributed by atoms with E-state index in [0.29, 0.717) is 0 Å². The Labute approximate surface area is 144 Å². The second kappa shape index (κ2) is 6.91. The minimum atomic E-state index is 0.884. The molecule has 124 valence electrons. The van der Waals surface area contributed by atoms with Gasteiger partial charge in [-0.25, -0.2) is 0 Å². The molecule has 0 amide bonds. The Balaban J connectivity index is 2.39. The lowest BCUT2D eigenvalue weighted by Crippen LogP contribution is -2.23. The summed E-state index contributed by atoms with van der Waals surface area (Å²) in [7, 11) is 6.35. The minimum Gasteiger partial charge on any atom is -0.375 e. The number of para-hydroxylation sites is 1. The van der Waals surface area contributed by atoms with Crippen LogP contribution in [0.4, 0.5) is 5.69 Å². The van der Waals surface area contributed by atoms with E-state index in [9.17, 15) is 0 Å². The van der Waals surface area contributed by atoms with Crippen LogP contribution in [0.25, 0.3) is 11.4 Å². The van der Waals surface area contributed by atoms with Crippen molar-refractivity contribution >= 4 is 23.3 Å². The summed E-state index contributed by atoms with van der Waals surface area (Å²) < 4.78 is 0. The third-order valence-corrected chi connectivity index (χ3v) is 4.32. The van der Waals surface area contributed by atoms with Gasteiger partial charge in [0.2, 0.25) is 0 Å². The van der Waals surface area contributed by atoms with Gasteiger partial charge in [0.15, 0.2) is 0 Å². The number of aliphatic imine (C=N–C) groups is 1. The third kappa shape index (κ3) is 2.94. The van der Waals surface area contributed by atoms with E-state index in [0.717, 1.165) is 18.7 Å². The highest BCUT2D eigenvalue weighted by Crippen LogP contribution is 2.38. The minimum absolute atomic E-state index is 0.884. The van der Waals surface area contributed by atoms with Gasteiger partial charge in [-0.2, -0.15) is 0 Å². The molecular weight excluding hydrogens is 294 g/mol. The van der Waals surface area contributed by atoms with E-state index >= 15 is 0 Å². The van der Waals surface area contributed by atoms with Crippen LogP contribution in [-0.4, -0.2) is 32.3 Å². The first-order valence-electron chi connectivity index (χ1n) is 8.46. The van der Waals surface area contributed by atoms with Gasteiger partial charge in [0, 0.05) is 50.7 Å². The van der Waals surface area contributed by atoms with Crippen LogP contribution in [0.3, 0.4) is 0 Å². The van der Waals surface area contributed by atoms with Gasteiger partial charge in [-0.15, -0.1) is 0 Å². The Morgan fingerprint density at radius 1 is 1.04 bits per heavy atom. The molecule has 0 bridgehead atoms. The maximum atomic E-state index is 4.87. The van der Waals surface area contributed by atoms with Crippen LogP contribution < -0.4 is 4.90 Å². The smallest absolute Gasteiger partial charge is 0.0958 e. The summed E-state index contributed by atoms with van der Waals surface area (Å²) in [4.78, 5) is 9.36. The molecule has 1 aliphatic heterocycles. The molecule has 0 unspecified atom stereocenters. The highest BCUT2D eigenvalue weighted by Gasteiger charge is 2.22. The van der Waals surface area contributed by atoms with Crippen molar-refractivity contribution in [3.8, 4) is 0 Å². The molecule has 0 fully saturated rings. The molecule has 1 heterocycles. The van der Waals surface area contributed by atoms with E-state index in [1.165, 1.54) is 28.1 Å². The number of fused-ring (bicyclic) bond motifs is 2. The molecular formula is C21H25N3. The van der Waals surface area contributed by atoms with E-state index in [-0.39, 0.29) is 0 Å². The Hall–Kier alpha value is -2.55. The molecule has 2 aromatic rings. The summed E-state index contributed by atoms with van der Waals surface area (Å²) in [5.74, 6) is 0. The lowest BCUT2D eigenvalue weighted by molar-refractivity contribution is 0.591. The van der Waals surface area contributed by atoms with Gasteiger partial charge in [0.05, 0.1) is 11.4 Å². The summed E-state index contributed by atoms with van der Waals surface area (Å²) in [5, 5.41) is 0. The first-order chi connectivity index (χ1) is 11.6. The maximum absolute atomic E-state index is 4.87. The van der Waals surface area contributed by atoms with Crippen molar-refractivity contribution in [3.05, 3.63) is 65.2 Å². The fraction of sp³-hybridized carbons (Fsp3) is 0.286. The molecule has 0 N–H and O–H groups in total. The van der Waals surface area contributed by atoms with Gasteiger partial charge < -0.3 is 9.80 Å². The van der Waals surface area contributed by atoms with Gasteiger partial charge >= 0.3 is 0 Å². The van der Waals surface area contributed by atoms with Crippen molar-refractivity contribution in [2.24, 2.45) is 4.99 Å². The van der Waals surface area contributed by atoms with Crippen LogP contribution in [0.5, 0.6) is 0 Å². The quantitative estimate of drug-likeness (QED) is 0.775. The molecule has 0 saturated heterocycles. The Kier molecular flexibility index (Phi) is 4.70. The Morgan fingerprint density at radius 2 is 1.71 bits per heavy atom.